The van der Waals surface area contributed by atoms with E-state index in [9.17, 15) is 9.90 Å². The number of thioether (sulfide) groups is 1. The standard InChI is InChI=1S/C14H10Cl2O3S/c1-20-12-4-2-3-10(13(12)14(17)18)19-11-7-8(15)5-6-9(11)16/h2-7H,1H3,(H,17,18). The summed E-state index contributed by atoms with van der Waals surface area (Å²) in [6.07, 6.45) is 1.80. The molecule has 2 rings (SSSR count). The topological polar surface area (TPSA) is 46.5 Å². The zero-order chi connectivity index (χ0) is 14.7. The lowest BCUT2D eigenvalue weighted by molar-refractivity contribution is 0.0690. The molecule has 0 aliphatic rings. The van der Waals surface area contributed by atoms with Crippen LogP contribution in [0.5, 0.6) is 11.5 Å². The van der Waals surface area contributed by atoms with Gasteiger partial charge in [0.2, 0.25) is 0 Å². The smallest absolute Gasteiger partial charge is 0.340 e. The minimum absolute atomic E-state index is 0.107. The normalized spacial score (nSPS) is 10.3. The Morgan fingerprint density at radius 2 is 1.95 bits per heavy atom. The number of carboxylic acids is 1. The van der Waals surface area contributed by atoms with Crippen molar-refractivity contribution in [2.45, 2.75) is 4.90 Å². The summed E-state index contributed by atoms with van der Waals surface area (Å²) in [5, 5.41) is 10.1. The van der Waals surface area contributed by atoms with Crippen molar-refractivity contribution >= 4 is 40.9 Å². The van der Waals surface area contributed by atoms with Gasteiger partial charge in [0.15, 0.2) is 0 Å². The largest absolute Gasteiger partial charge is 0.478 e. The van der Waals surface area contributed by atoms with Gasteiger partial charge in [-0.05, 0) is 30.5 Å². The predicted molar refractivity (Wildman–Crippen MR) is 81.7 cm³/mol. The van der Waals surface area contributed by atoms with Crippen LogP contribution in [0.1, 0.15) is 10.4 Å². The van der Waals surface area contributed by atoms with Crippen LogP contribution in [0.4, 0.5) is 0 Å². The number of carbonyl (C=O) groups is 1. The van der Waals surface area contributed by atoms with Crippen LogP contribution in [-0.4, -0.2) is 17.3 Å². The molecule has 0 fully saturated rings. The van der Waals surface area contributed by atoms with Gasteiger partial charge in [-0.3, -0.25) is 0 Å². The first-order valence-corrected chi connectivity index (χ1v) is 7.54. The van der Waals surface area contributed by atoms with E-state index in [2.05, 4.69) is 0 Å². The highest BCUT2D eigenvalue weighted by Gasteiger charge is 2.17. The Hall–Kier alpha value is -1.36. The number of carboxylic acid groups (broad SMARTS) is 1. The van der Waals surface area contributed by atoms with Crippen molar-refractivity contribution in [1.29, 1.82) is 0 Å². The number of ether oxygens (including phenoxy) is 1. The fraction of sp³-hybridized carbons (Fsp3) is 0.0714. The van der Waals surface area contributed by atoms with Crippen molar-refractivity contribution in [2.75, 3.05) is 6.26 Å². The maximum atomic E-state index is 11.4. The first-order chi connectivity index (χ1) is 9.52. The molecule has 0 saturated heterocycles. The summed E-state index contributed by atoms with van der Waals surface area (Å²) in [6, 6.07) is 9.81. The molecule has 0 bridgehead atoms. The lowest BCUT2D eigenvalue weighted by Gasteiger charge is -2.12. The fourth-order valence-electron chi connectivity index (χ4n) is 1.65. The molecule has 1 N–H and O–H groups in total. The molecule has 104 valence electrons. The number of hydrogen-bond acceptors (Lipinski definition) is 3. The van der Waals surface area contributed by atoms with Crippen LogP contribution in [0.3, 0.4) is 0 Å². The molecule has 0 atom stereocenters. The Kier molecular flexibility index (Phi) is 4.81. The summed E-state index contributed by atoms with van der Waals surface area (Å²) in [4.78, 5) is 12.0. The highest BCUT2D eigenvalue weighted by Crippen LogP contribution is 2.36. The van der Waals surface area contributed by atoms with E-state index in [1.54, 1.807) is 42.7 Å². The third-order valence-corrected chi connectivity index (χ3v) is 3.86. The van der Waals surface area contributed by atoms with E-state index < -0.39 is 5.97 Å². The summed E-state index contributed by atoms with van der Waals surface area (Å²) < 4.78 is 5.61. The van der Waals surface area contributed by atoms with E-state index >= 15 is 0 Å². The van der Waals surface area contributed by atoms with Crippen molar-refractivity contribution in [1.82, 2.24) is 0 Å². The minimum atomic E-state index is -1.05. The van der Waals surface area contributed by atoms with Crippen LogP contribution in [-0.2, 0) is 0 Å². The Balaban J connectivity index is 2.48. The Morgan fingerprint density at radius 3 is 2.60 bits per heavy atom. The van der Waals surface area contributed by atoms with Gasteiger partial charge in [-0.15, -0.1) is 11.8 Å². The van der Waals surface area contributed by atoms with E-state index in [0.717, 1.165) is 0 Å². The second kappa shape index (κ2) is 6.39. The molecule has 2 aromatic rings. The second-order valence-corrected chi connectivity index (χ2v) is 5.51. The van der Waals surface area contributed by atoms with Gasteiger partial charge in [0.25, 0.3) is 0 Å². The molecule has 6 heteroatoms. The highest BCUT2D eigenvalue weighted by atomic mass is 35.5. The van der Waals surface area contributed by atoms with Crippen LogP contribution in [0.15, 0.2) is 41.3 Å². The molecule has 0 heterocycles. The Labute approximate surface area is 130 Å². The predicted octanol–water partition coefficient (Wildman–Crippen LogP) is 5.21. The van der Waals surface area contributed by atoms with Gasteiger partial charge in [0.05, 0.1) is 5.02 Å². The third kappa shape index (κ3) is 3.20. The number of hydrogen-bond donors (Lipinski definition) is 1. The van der Waals surface area contributed by atoms with Crippen molar-refractivity contribution in [2.24, 2.45) is 0 Å². The van der Waals surface area contributed by atoms with Crippen LogP contribution in [0.2, 0.25) is 10.0 Å². The van der Waals surface area contributed by atoms with E-state index in [4.69, 9.17) is 27.9 Å². The first kappa shape index (κ1) is 15.0. The van der Waals surface area contributed by atoms with Crippen molar-refractivity contribution in [3.8, 4) is 11.5 Å². The molecule has 0 saturated carbocycles. The molecule has 0 unspecified atom stereocenters. The molecule has 2 aromatic carbocycles. The summed E-state index contributed by atoms with van der Waals surface area (Å²) in [7, 11) is 0. The average molecular weight is 329 g/mol. The molecule has 0 aliphatic heterocycles. The van der Waals surface area contributed by atoms with Gasteiger partial charge in [0, 0.05) is 16.0 Å². The number of benzene rings is 2. The third-order valence-electron chi connectivity index (χ3n) is 2.53. The summed E-state index contributed by atoms with van der Waals surface area (Å²) in [5.74, 6) is -0.503. The van der Waals surface area contributed by atoms with E-state index in [1.807, 2.05) is 0 Å². The van der Waals surface area contributed by atoms with E-state index in [0.29, 0.717) is 20.7 Å². The number of halogens is 2. The van der Waals surface area contributed by atoms with Crippen LogP contribution in [0.25, 0.3) is 0 Å². The molecule has 0 amide bonds. The first-order valence-electron chi connectivity index (χ1n) is 5.56. The minimum Gasteiger partial charge on any atom is -0.478 e. The van der Waals surface area contributed by atoms with Gasteiger partial charge in [-0.2, -0.15) is 0 Å². The Bertz CT molecular complexity index is 659. The zero-order valence-corrected chi connectivity index (χ0v) is 12.7. The quantitative estimate of drug-likeness (QED) is 0.783. The summed E-state index contributed by atoms with van der Waals surface area (Å²) >= 11 is 13.2. The van der Waals surface area contributed by atoms with Crippen LogP contribution >= 0.6 is 35.0 Å². The van der Waals surface area contributed by atoms with E-state index in [-0.39, 0.29) is 11.3 Å². The van der Waals surface area contributed by atoms with Gasteiger partial charge in [0.1, 0.15) is 17.1 Å². The highest BCUT2D eigenvalue weighted by molar-refractivity contribution is 7.98. The average Bonchev–Trinajstić information content (AvgIpc) is 2.42. The molecular weight excluding hydrogens is 319 g/mol. The molecular formula is C14H10Cl2O3S. The van der Waals surface area contributed by atoms with Gasteiger partial charge in [-0.1, -0.05) is 29.3 Å². The van der Waals surface area contributed by atoms with Gasteiger partial charge in [-0.25, -0.2) is 4.79 Å². The van der Waals surface area contributed by atoms with Crippen molar-refractivity contribution in [3.63, 3.8) is 0 Å². The second-order valence-electron chi connectivity index (χ2n) is 3.82. The lowest BCUT2D eigenvalue weighted by Crippen LogP contribution is -2.02. The van der Waals surface area contributed by atoms with Crippen LogP contribution in [0, 0.1) is 0 Å². The molecule has 0 aromatic heterocycles. The van der Waals surface area contributed by atoms with Crippen molar-refractivity contribution < 1.29 is 14.6 Å². The number of aromatic carboxylic acids is 1. The van der Waals surface area contributed by atoms with Crippen molar-refractivity contribution in [3.05, 3.63) is 52.0 Å². The molecule has 0 radical (unpaired) electrons. The zero-order valence-electron chi connectivity index (χ0n) is 10.4. The van der Waals surface area contributed by atoms with E-state index in [1.165, 1.54) is 11.8 Å². The molecule has 0 spiro atoms. The Morgan fingerprint density at radius 1 is 1.20 bits per heavy atom. The maximum Gasteiger partial charge on any atom is 0.340 e. The summed E-state index contributed by atoms with van der Waals surface area (Å²) in [6.45, 7) is 0. The fourth-order valence-corrected chi connectivity index (χ4v) is 2.58. The summed E-state index contributed by atoms with van der Waals surface area (Å²) in [5.41, 5.74) is 0.107. The maximum absolute atomic E-state index is 11.4. The SMILES string of the molecule is CSc1cccc(Oc2cc(Cl)ccc2Cl)c1C(=O)O. The molecule has 0 aliphatic carbocycles. The van der Waals surface area contributed by atoms with Gasteiger partial charge < -0.3 is 9.84 Å². The monoisotopic (exact) mass is 328 g/mol. The van der Waals surface area contributed by atoms with Crippen LogP contribution < -0.4 is 4.74 Å². The molecule has 20 heavy (non-hydrogen) atoms. The van der Waals surface area contributed by atoms with Gasteiger partial charge >= 0.3 is 5.97 Å². The molecule has 3 nitrogen and oxygen atoms in total. The number of rotatable bonds is 4. The lowest BCUT2D eigenvalue weighted by atomic mass is 10.2.